The molecule has 0 nitrogen and oxygen atoms in total. The summed E-state index contributed by atoms with van der Waals surface area (Å²) in [6.45, 7) is 4.41. The minimum atomic E-state index is 1.07. The Hall–Kier alpha value is -0.700. The smallest absolute Gasteiger partial charge is 0.00922 e. The zero-order valence-corrected chi connectivity index (χ0v) is 11.9. The van der Waals surface area contributed by atoms with Crippen molar-refractivity contribution in [1.29, 1.82) is 0 Å². The quantitative estimate of drug-likeness (QED) is 0.327. The third-order valence-electron chi connectivity index (χ3n) is 2.94. The van der Waals surface area contributed by atoms with Crippen molar-refractivity contribution in [2.75, 3.05) is 0 Å². The lowest BCUT2D eigenvalue weighted by atomic mass is 10.1. The van der Waals surface area contributed by atoms with Crippen molar-refractivity contribution in [2.45, 2.75) is 84.5 Å². The number of unbranched alkanes of at least 4 members (excludes halogenated alkanes) is 9. The first-order valence-electron chi connectivity index (χ1n) is 7.55. The van der Waals surface area contributed by atoms with Crippen LogP contribution < -0.4 is 0 Å². The van der Waals surface area contributed by atoms with E-state index in [0.29, 0.717) is 0 Å². The molecular weight excluding hydrogens is 204 g/mol. The minimum Gasteiger partial charge on any atom is -0.0985 e. The second-order valence-electron chi connectivity index (χ2n) is 4.71. The van der Waals surface area contributed by atoms with Gasteiger partial charge in [-0.25, -0.2) is 0 Å². The number of hydrogen-bond acceptors (Lipinski definition) is 0. The molecule has 0 aliphatic carbocycles. The summed E-state index contributed by atoms with van der Waals surface area (Å²) in [5.74, 6) is 6.28. The molecule has 0 amide bonds. The van der Waals surface area contributed by atoms with Crippen LogP contribution >= 0.6 is 0 Å². The lowest BCUT2D eigenvalue weighted by Crippen LogP contribution is -1.80. The minimum absolute atomic E-state index is 1.07. The van der Waals surface area contributed by atoms with Gasteiger partial charge in [-0.2, -0.15) is 0 Å². The lowest BCUT2D eigenvalue weighted by molar-refractivity contribution is 0.567. The molecule has 0 aromatic carbocycles. The second kappa shape index (κ2) is 15.3. The molecule has 0 bridgehead atoms. The highest BCUT2D eigenvalue weighted by Crippen LogP contribution is 2.10. The molecule has 0 heteroatoms. The van der Waals surface area contributed by atoms with Gasteiger partial charge in [0, 0.05) is 6.42 Å². The average Bonchev–Trinajstić information content (AvgIpc) is 2.35. The zero-order chi connectivity index (χ0) is 12.6. The van der Waals surface area contributed by atoms with Crippen LogP contribution in [0.3, 0.4) is 0 Å². The molecule has 0 spiro atoms. The molecule has 0 N–H and O–H groups in total. The molecule has 0 aromatic heterocycles. The Morgan fingerprint density at radius 2 is 1.35 bits per heavy atom. The van der Waals surface area contributed by atoms with Crippen LogP contribution in [-0.4, -0.2) is 0 Å². The number of rotatable bonds is 10. The Balaban J connectivity index is 3.07. The van der Waals surface area contributed by atoms with Crippen molar-refractivity contribution in [1.82, 2.24) is 0 Å². The molecule has 98 valence electrons. The third kappa shape index (κ3) is 15.3. The van der Waals surface area contributed by atoms with Crippen LogP contribution in [0.4, 0.5) is 0 Å². The lowest BCUT2D eigenvalue weighted by Gasteiger charge is -1.99. The van der Waals surface area contributed by atoms with E-state index >= 15 is 0 Å². The molecule has 0 aliphatic rings. The van der Waals surface area contributed by atoms with Gasteiger partial charge >= 0.3 is 0 Å². The van der Waals surface area contributed by atoms with Gasteiger partial charge in [0.2, 0.25) is 0 Å². The van der Waals surface area contributed by atoms with Gasteiger partial charge in [0.15, 0.2) is 0 Å². The fourth-order valence-corrected chi connectivity index (χ4v) is 1.83. The summed E-state index contributed by atoms with van der Waals surface area (Å²) in [6.07, 6.45) is 18.8. The molecule has 0 rings (SSSR count). The van der Waals surface area contributed by atoms with Gasteiger partial charge in [-0.1, -0.05) is 83.1 Å². The molecule has 0 heterocycles. The maximum absolute atomic E-state index is 3.20. The van der Waals surface area contributed by atoms with Gasteiger partial charge in [0.1, 0.15) is 0 Å². The van der Waals surface area contributed by atoms with Crippen LogP contribution in [-0.2, 0) is 0 Å². The molecule has 0 fully saturated rings. The van der Waals surface area contributed by atoms with Gasteiger partial charge < -0.3 is 0 Å². The predicted octanol–water partition coefficient (Wildman–Crippen LogP) is 5.88. The fraction of sp³-hybridized carbons (Fsp3) is 0.765. The third-order valence-corrected chi connectivity index (χ3v) is 2.94. The SMILES string of the molecule is CC/C=C/C#CCCCCCCCCCCC. The standard InChI is InChI=1S/C17H30/c1-3-5-7-9-11-13-15-17-16-14-12-10-8-6-4-2/h5,7H,3-4,6,8,10,12-17H2,1-2H3/b7-5+. The second-order valence-corrected chi connectivity index (χ2v) is 4.71. The van der Waals surface area contributed by atoms with E-state index in [1.54, 1.807) is 0 Å². The molecule has 0 saturated heterocycles. The Morgan fingerprint density at radius 1 is 0.765 bits per heavy atom. The van der Waals surface area contributed by atoms with E-state index in [1.807, 2.05) is 6.08 Å². The summed E-state index contributed by atoms with van der Waals surface area (Å²) < 4.78 is 0. The van der Waals surface area contributed by atoms with Crippen molar-refractivity contribution in [3.8, 4) is 11.8 Å². The van der Waals surface area contributed by atoms with E-state index in [0.717, 1.165) is 12.8 Å². The Kier molecular flexibility index (Phi) is 14.7. The van der Waals surface area contributed by atoms with Crippen LogP contribution in [0.25, 0.3) is 0 Å². The molecule has 17 heavy (non-hydrogen) atoms. The van der Waals surface area contributed by atoms with Crippen LogP contribution in [0.2, 0.25) is 0 Å². The van der Waals surface area contributed by atoms with Gasteiger partial charge in [-0.3, -0.25) is 0 Å². The summed E-state index contributed by atoms with van der Waals surface area (Å²) in [6, 6.07) is 0. The summed E-state index contributed by atoms with van der Waals surface area (Å²) in [7, 11) is 0. The molecule has 0 radical (unpaired) electrons. The van der Waals surface area contributed by atoms with E-state index in [1.165, 1.54) is 57.8 Å². The van der Waals surface area contributed by atoms with Crippen LogP contribution in [0.5, 0.6) is 0 Å². The van der Waals surface area contributed by atoms with Crippen molar-refractivity contribution in [3.63, 3.8) is 0 Å². The summed E-state index contributed by atoms with van der Waals surface area (Å²) >= 11 is 0. The first kappa shape index (κ1) is 16.3. The van der Waals surface area contributed by atoms with E-state index in [4.69, 9.17) is 0 Å². The Bertz CT molecular complexity index is 214. The first-order valence-corrected chi connectivity index (χ1v) is 7.55. The van der Waals surface area contributed by atoms with Crippen LogP contribution in [0.15, 0.2) is 12.2 Å². The highest BCUT2D eigenvalue weighted by Gasteiger charge is 1.90. The molecule has 0 unspecified atom stereocenters. The fourth-order valence-electron chi connectivity index (χ4n) is 1.83. The van der Waals surface area contributed by atoms with Gasteiger partial charge in [-0.05, 0) is 18.9 Å². The molecule has 0 saturated carbocycles. The van der Waals surface area contributed by atoms with Crippen LogP contribution in [0, 0.1) is 11.8 Å². The Labute approximate surface area is 109 Å². The zero-order valence-electron chi connectivity index (χ0n) is 11.9. The molecule has 0 aromatic rings. The molecular formula is C17H30. The van der Waals surface area contributed by atoms with Gasteiger partial charge in [-0.15, -0.1) is 0 Å². The maximum atomic E-state index is 3.20. The molecule has 0 atom stereocenters. The summed E-state index contributed by atoms with van der Waals surface area (Å²) in [5.41, 5.74) is 0. The van der Waals surface area contributed by atoms with E-state index < -0.39 is 0 Å². The van der Waals surface area contributed by atoms with Crippen molar-refractivity contribution < 1.29 is 0 Å². The van der Waals surface area contributed by atoms with Crippen molar-refractivity contribution in [2.24, 2.45) is 0 Å². The van der Waals surface area contributed by atoms with Crippen molar-refractivity contribution in [3.05, 3.63) is 12.2 Å². The maximum Gasteiger partial charge on any atom is 0.00922 e. The summed E-state index contributed by atoms with van der Waals surface area (Å²) in [4.78, 5) is 0. The highest BCUT2D eigenvalue weighted by molar-refractivity contribution is 5.14. The van der Waals surface area contributed by atoms with E-state index in [2.05, 4.69) is 31.8 Å². The van der Waals surface area contributed by atoms with E-state index in [-0.39, 0.29) is 0 Å². The molecule has 0 aliphatic heterocycles. The van der Waals surface area contributed by atoms with Crippen LogP contribution in [0.1, 0.15) is 84.5 Å². The van der Waals surface area contributed by atoms with Crippen molar-refractivity contribution >= 4 is 0 Å². The predicted molar refractivity (Wildman–Crippen MR) is 79.1 cm³/mol. The normalized spacial score (nSPS) is 10.5. The topological polar surface area (TPSA) is 0 Å². The van der Waals surface area contributed by atoms with E-state index in [9.17, 15) is 0 Å². The largest absolute Gasteiger partial charge is 0.0985 e. The monoisotopic (exact) mass is 234 g/mol. The number of hydrogen-bond donors (Lipinski definition) is 0. The average molecular weight is 234 g/mol. The number of allylic oxidation sites excluding steroid dienone is 2. The first-order chi connectivity index (χ1) is 8.41. The van der Waals surface area contributed by atoms with Gasteiger partial charge in [0.05, 0.1) is 0 Å². The Morgan fingerprint density at radius 3 is 1.94 bits per heavy atom. The highest BCUT2D eigenvalue weighted by atomic mass is 14.0. The van der Waals surface area contributed by atoms with Gasteiger partial charge in [0.25, 0.3) is 0 Å². The summed E-state index contributed by atoms with van der Waals surface area (Å²) in [5, 5.41) is 0.